The van der Waals surface area contributed by atoms with Gasteiger partial charge in [0.25, 0.3) is 0 Å². The molecule has 1 unspecified atom stereocenters. The van der Waals surface area contributed by atoms with Gasteiger partial charge in [0, 0.05) is 12.1 Å². The van der Waals surface area contributed by atoms with Crippen LogP contribution in [0.2, 0.25) is 0 Å². The lowest BCUT2D eigenvalue weighted by atomic mass is 10.1. The molecule has 114 valence electrons. The van der Waals surface area contributed by atoms with Crippen LogP contribution >= 0.6 is 0 Å². The Kier molecular flexibility index (Phi) is 6.86. The predicted octanol–water partition coefficient (Wildman–Crippen LogP) is 4.02. The largest absolute Gasteiger partial charge is 0.494 e. The quantitative estimate of drug-likeness (QED) is 0.779. The predicted molar refractivity (Wildman–Crippen MR) is 84.7 cm³/mol. The second-order valence-electron chi connectivity index (χ2n) is 6.06. The van der Waals surface area contributed by atoms with E-state index in [1.54, 1.807) is 0 Å². The Labute approximate surface area is 123 Å². The zero-order chi connectivity index (χ0) is 15.0. The van der Waals surface area contributed by atoms with Crippen LogP contribution in [0.3, 0.4) is 0 Å². The van der Waals surface area contributed by atoms with E-state index >= 15 is 0 Å². The lowest BCUT2D eigenvalue weighted by Crippen LogP contribution is -2.42. The van der Waals surface area contributed by atoms with E-state index in [0.717, 1.165) is 30.9 Å². The zero-order valence-electron chi connectivity index (χ0n) is 13.5. The van der Waals surface area contributed by atoms with Gasteiger partial charge in [0.15, 0.2) is 0 Å². The van der Waals surface area contributed by atoms with Gasteiger partial charge in [0.1, 0.15) is 17.6 Å². The van der Waals surface area contributed by atoms with Crippen LogP contribution < -0.4 is 14.8 Å². The van der Waals surface area contributed by atoms with Crippen LogP contribution in [0, 0.1) is 0 Å². The Morgan fingerprint density at radius 2 is 1.65 bits per heavy atom. The van der Waals surface area contributed by atoms with Crippen LogP contribution in [0.1, 0.15) is 47.5 Å². The molecule has 0 amide bonds. The lowest BCUT2D eigenvalue weighted by molar-refractivity contribution is 0.174. The highest BCUT2D eigenvalue weighted by atomic mass is 16.5. The van der Waals surface area contributed by atoms with Crippen LogP contribution in [0.4, 0.5) is 0 Å². The number of benzene rings is 1. The second kappa shape index (κ2) is 8.15. The molecule has 0 spiro atoms. The van der Waals surface area contributed by atoms with E-state index in [1.807, 2.05) is 31.2 Å². The standard InChI is InChI=1S/C17H29NO2/c1-6-8-16(13-18-17(3,4)5)20-15-11-9-14(10-12-15)19-7-2/h9-12,16,18H,6-8,13H2,1-5H3. The first kappa shape index (κ1) is 16.8. The fraction of sp³-hybridized carbons (Fsp3) is 0.647. The number of hydrogen-bond acceptors (Lipinski definition) is 3. The molecule has 0 bridgehead atoms. The Morgan fingerprint density at radius 3 is 2.15 bits per heavy atom. The third-order valence-corrected chi connectivity index (χ3v) is 2.91. The Hall–Kier alpha value is -1.22. The summed E-state index contributed by atoms with van der Waals surface area (Å²) in [5.41, 5.74) is 0.119. The molecule has 0 saturated heterocycles. The van der Waals surface area contributed by atoms with Crippen LogP contribution in [0.25, 0.3) is 0 Å². The molecule has 0 radical (unpaired) electrons. The third-order valence-electron chi connectivity index (χ3n) is 2.91. The van der Waals surface area contributed by atoms with Crippen molar-refractivity contribution in [3.63, 3.8) is 0 Å². The van der Waals surface area contributed by atoms with Gasteiger partial charge < -0.3 is 14.8 Å². The highest BCUT2D eigenvalue weighted by Crippen LogP contribution is 2.19. The molecular weight excluding hydrogens is 250 g/mol. The Morgan fingerprint density at radius 1 is 1.05 bits per heavy atom. The molecule has 1 aromatic carbocycles. The zero-order valence-corrected chi connectivity index (χ0v) is 13.5. The molecule has 1 atom stereocenters. The van der Waals surface area contributed by atoms with E-state index in [-0.39, 0.29) is 11.6 Å². The Balaban J connectivity index is 2.55. The lowest BCUT2D eigenvalue weighted by Gasteiger charge is -2.26. The first-order chi connectivity index (χ1) is 9.44. The van der Waals surface area contributed by atoms with Gasteiger partial charge in [-0.25, -0.2) is 0 Å². The highest BCUT2D eigenvalue weighted by molar-refractivity contribution is 5.31. The average Bonchev–Trinajstić information content (AvgIpc) is 2.38. The van der Waals surface area contributed by atoms with Crippen molar-refractivity contribution in [1.82, 2.24) is 5.32 Å². The molecule has 0 aliphatic carbocycles. The summed E-state index contributed by atoms with van der Waals surface area (Å²) < 4.78 is 11.5. The van der Waals surface area contributed by atoms with Crippen molar-refractivity contribution in [3.05, 3.63) is 24.3 Å². The van der Waals surface area contributed by atoms with E-state index in [9.17, 15) is 0 Å². The maximum atomic E-state index is 6.07. The molecule has 0 aromatic heterocycles. The summed E-state index contributed by atoms with van der Waals surface area (Å²) in [6.45, 7) is 12.2. The number of rotatable bonds is 8. The van der Waals surface area contributed by atoms with Gasteiger partial charge in [-0.3, -0.25) is 0 Å². The van der Waals surface area contributed by atoms with Gasteiger partial charge >= 0.3 is 0 Å². The summed E-state index contributed by atoms with van der Waals surface area (Å²) in [6.07, 6.45) is 2.38. The van der Waals surface area contributed by atoms with Gasteiger partial charge in [-0.1, -0.05) is 13.3 Å². The van der Waals surface area contributed by atoms with Gasteiger partial charge in [0.2, 0.25) is 0 Å². The molecule has 0 aliphatic rings. The van der Waals surface area contributed by atoms with E-state index in [2.05, 4.69) is 33.0 Å². The summed E-state index contributed by atoms with van der Waals surface area (Å²) in [5.74, 6) is 1.79. The summed E-state index contributed by atoms with van der Waals surface area (Å²) in [6, 6.07) is 7.87. The molecule has 0 saturated carbocycles. The molecular formula is C17H29NO2. The maximum absolute atomic E-state index is 6.07. The molecule has 3 heteroatoms. The van der Waals surface area contributed by atoms with Gasteiger partial charge in [0.05, 0.1) is 6.61 Å². The van der Waals surface area contributed by atoms with Crippen LogP contribution in [-0.4, -0.2) is 24.8 Å². The first-order valence-corrected chi connectivity index (χ1v) is 7.59. The fourth-order valence-corrected chi connectivity index (χ4v) is 1.92. The molecule has 20 heavy (non-hydrogen) atoms. The normalized spacial score (nSPS) is 13.1. The number of nitrogens with one attached hydrogen (secondary N) is 1. The van der Waals surface area contributed by atoms with Gasteiger partial charge in [-0.15, -0.1) is 0 Å². The minimum absolute atomic E-state index is 0.119. The first-order valence-electron chi connectivity index (χ1n) is 7.59. The highest BCUT2D eigenvalue weighted by Gasteiger charge is 2.15. The monoisotopic (exact) mass is 279 g/mol. The van der Waals surface area contributed by atoms with Crippen molar-refractivity contribution >= 4 is 0 Å². The van der Waals surface area contributed by atoms with Crippen molar-refractivity contribution in [3.8, 4) is 11.5 Å². The maximum Gasteiger partial charge on any atom is 0.120 e. The molecule has 1 rings (SSSR count). The van der Waals surface area contributed by atoms with Crippen molar-refractivity contribution < 1.29 is 9.47 Å². The van der Waals surface area contributed by atoms with E-state index in [4.69, 9.17) is 9.47 Å². The van der Waals surface area contributed by atoms with Gasteiger partial charge in [-0.2, -0.15) is 0 Å². The van der Waals surface area contributed by atoms with Crippen molar-refractivity contribution in [1.29, 1.82) is 0 Å². The molecule has 0 aliphatic heterocycles. The second-order valence-corrected chi connectivity index (χ2v) is 6.06. The topological polar surface area (TPSA) is 30.5 Å². The third kappa shape index (κ3) is 6.80. The molecule has 1 N–H and O–H groups in total. The van der Waals surface area contributed by atoms with Crippen molar-refractivity contribution in [2.75, 3.05) is 13.2 Å². The summed E-state index contributed by atoms with van der Waals surface area (Å²) in [7, 11) is 0. The SMILES string of the molecule is CCCC(CNC(C)(C)C)Oc1ccc(OCC)cc1. The van der Waals surface area contributed by atoms with Crippen molar-refractivity contribution in [2.45, 2.75) is 59.1 Å². The molecule has 3 nitrogen and oxygen atoms in total. The fourth-order valence-electron chi connectivity index (χ4n) is 1.92. The average molecular weight is 279 g/mol. The smallest absolute Gasteiger partial charge is 0.120 e. The van der Waals surface area contributed by atoms with Crippen LogP contribution in [-0.2, 0) is 0 Å². The van der Waals surface area contributed by atoms with Crippen LogP contribution in [0.15, 0.2) is 24.3 Å². The minimum atomic E-state index is 0.119. The molecule has 1 aromatic rings. The number of hydrogen-bond donors (Lipinski definition) is 1. The van der Waals surface area contributed by atoms with Gasteiger partial charge in [-0.05, 0) is 58.4 Å². The summed E-state index contributed by atoms with van der Waals surface area (Å²) in [4.78, 5) is 0. The Bertz CT molecular complexity index is 368. The van der Waals surface area contributed by atoms with Crippen LogP contribution in [0.5, 0.6) is 11.5 Å². The van der Waals surface area contributed by atoms with E-state index in [1.165, 1.54) is 0 Å². The van der Waals surface area contributed by atoms with E-state index < -0.39 is 0 Å². The number of ether oxygens (including phenoxy) is 2. The van der Waals surface area contributed by atoms with Crippen molar-refractivity contribution in [2.24, 2.45) is 0 Å². The minimum Gasteiger partial charge on any atom is -0.494 e. The molecule has 0 heterocycles. The summed E-state index contributed by atoms with van der Waals surface area (Å²) in [5, 5.41) is 3.51. The molecule has 0 fully saturated rings. The van der Waals surface area contributed by atoms with E-state index in [0.29, 0.717) is 6.61 Å². The summed E-state index contributed by atoms with van der Waals surface area (Å²) >= 11 is 0.